The molecule has 110 valence electrons. The van der Waals surface area contributed by atoms with E-state index in [0.717, 1.165) is 44.6 Å². The summed E-state index contributed by atoms with van der Waals surface area (Å²) < 4.78 is 2.06. The summed E-state index contributed by atoms with van der Waals surface area (Å²) in [7, 11) is 0. The van der Waals surface area contributed by atoms with Gasteiger partial charge in [-0.3, -0.25) is 4.68 Å². The van der Waals surface area contributed by atoms with Crippen molar-refractivity contribution >= 4 is 10.9 Å². The number of nitrogens with zero attached hydrogens (tertiary/aromatic N) is 2. The first-order chi connectivity index (χ1) is 9.86. The van der Waals surface area contributed by atoms with Crippen molar-refractivity contribution in [2.24, 2.45) is 0 Å². The monoisotopic (exact) mass is 275 g/mol. The van der Waals surface area contributed by atoms with Crippen LogP contribution in [-0.4, -0.2) is 28.0 Å². The van der Waals surface area contributed by atoms with Crippen molar-refractivity contribution in [3.8, 4) is 0 Å². The van der Waals surface area contributed by atoms with Crippen molar-refractivity contribution < 1.29 is 5.11 Å². The van der Waals surface area contributed by atoms with E-state index in [4.69, 9.17) is 5.11 Å². The molecule has 2 aromatic rings. The molecule has 0 spiro atoms. The SMILES string of the molecule is CCn1nc(CNCCCCCCO)c2ccccc21. The van der Waals surface area contributed by atoms with Gasteiger partial charge >= 0.3 is 0 Å². The lowest BCUT2D eigenvalue weighted by Gasteiger charge is -2.03. The van der Waals surface area contributed by atoms with Crippen molar-refractivity contribution in [3.05, 3.63) is 30.0 Å². The van der Waals surface area contributed by atoms with Gasteiger partial charge < -0.3 is 10.4 Å². The fourth-order valence-electron chi connectivity index (χ4n) is 2.49. The first-order valence-electron chi connectivity index (χ1n) is 7.62. The van der Waals surface area contributed by atoms with Crippen LogP contribution in [0.15, 0.2) is 24.3 Å². The first kappa shape index (κ1) is 15.0. The number of benzene rings is 1. The van der Waals surface area contributed by atoms with E-state index >= 15 is 0 Å². The largest absolute Gasteiger partial charge is 0.396 e. The Morgan fingerprint density at radius 3 is 2.75 bits per heavy atom. The van der Waals surface area contributed by atoms with Crippen LogP contribution >= 0.6 is 0 Å². The van der Waals surface area contributed by atoms with Crippen LogP contribution in [0.25, 0.3) is 10.9 Å². The maximum absolute atomic E-state index is 8.72. The molecule has 0 fully saturated rings. The number of rotatable bonds is 9. The molecule has 0 saturated heterocycles. The van der Waals surface area contributed by atoms with Crippen molar-refractivity contribution in [1.82, 2.24) is 15.1 Å². The van der Waals surface area contributed by atoms with E-state index in [1.54, 1.807) is 0 Å². The van der Waals surface area contributed by atoms with Crippen LogP contribution in [0.1, 0.15) is 38.3 Å². The summed E-state index contributed by atoms with van der Waals surface area (Å²) in [5.74, 6) is 0. The van der Waals surface area contributed by atoms with Gasteiger partial charge in [-0.25, -0.2) is 0 Å². The third-order valence-electron chi connectivity index (χ3n) is 3.59. The highest BCUT2D eigenvalue weighted by molar-refractivity contribution is 5.81. The molecule has 0 amide bonds. The van der Waals surface area contributed by atoms with E-state index < -0.39 is 0 Å². The summed E-state index contributed by atoms with van der Waals surface area (Å²) in [6.07, 6.45) is 4.38. The van der Waals surface area contributed by atoms with Crippen LogP contribution < -0.4 is 5.32 Å². The topological polar surface area (TPSA) is 50.1 Å². The number of para-hydroxylation sites is 1. The zero-order valence-electron chi connectivity index (χ0n) is 12.3. The molecule has 0 saturated carbocycles. The Hall–Kier alpha value is -1.39. The molecule has 0 aliphatic rings. The molecule has 0 bridgehead atoms. The van der Waals surface area contributed by atoms with E-state index in [-0.39, 0.29) is 0 Å². The summed E-state index contributed by atoms with van der Waals surface area (Å²) in [6, 6.07) is 8.41. The minimum absolute atomic E-state index is 0.313. The Bertz CT molecular complexity index is 521. The van der Waals surface area contributed by atoms with Gasteiger partial charge in [-0.05, 0) is 32.4 Å². The van der Waals surface area contributed by atoms with Crippen LogP contribution in [0, 0.1) is 0 Å². The molecule has 1 aromatic heterocycles. The number of aryl methyl sites for hydroxylation is 1. The molecule has 0 aliphatic carbocycles. The average Bonchev–Trinajstić information content (AvgIpc) is 2.85. The molecule has 4 nitrogen and oxygen atoms in total. The highest BCUT2D eigenvalue weighted by Crippen LogP contribution is 2.18. The molecule has 1 aromatic carbocycles. The van der Waals surface area contributed by atoms with E-state index in [9.17, 15) is 0 Å². The number of hydrogen-bond donors (Lipinski definition) is 2. The third kappa shape index (κ3) is 3.81. The van der Waals surface area contributed by atoms with Crippen LogP contribution in [0.2, 0.25) is 0 Å². The van der Waals surface area contributed by atoms with Gasteiger partial charge in [-0.15, -0.1) is 0 Å². The molecule has 0 unspecified atom stereocenters. The maximum Gasteiger partial charge on any atom is 0.0841 e. The quantitative estimate of drug-likeness (QED) is 0.692. The molecular formula is C16H25N3O. The fourth-order valence-corrected chi connectivity index (χ4v) is 2.49. The predicted octanol–water partition coefficient (Wildman–Crippen LogP) is 2.70. The predicted molar refractivity (Wildman–Crippen MR) is 82.7 cm³/mol. The minimum atomic E-state index is 0.313. The number of unbranched alkanes of at least 4 members (excludes halogenated alkanes) is 3. The van der Waals surface area contributed by atoms with Gasteiger partial charge in [0.2, 0.25) is 0 Å². The zero-order valence-corrected chi connectivity index (χ0v) is 12.3. The smallest absolute Gasteiger partial charge is 0.0841 e. The van der Waals surface area contributed by atoms with Gasteiger partial charge in [-0.1, -0.05) is 31.0 Å². The highest BCUT2D eigenvalue weighted by Gasteiger charge is 2.07. The molecule has 20 heavy (non-hydrogen) atoms. The van der Waals surface area contributed by atoms with Crippen molar-refractivity contribution in [1.29, 1.82) is 0 Å². The summed E-state index contributed by atoms with van der Waals surface area (Å²) in [5.41, 5.74) is 2.35. The fraction of sp³-hybridized carbons (Fsp3) is 0.562. The Kier molecular flexibility index (Phi) is 6.02. The van der Waals surface area contributed by atoms with E-state index in [1.165, 1.54) is 17.3 Å². The highest BCUT2D eigenvalue weighted by atomic mass is 16.2. The summed E-state index contributed by atoms with van der Waals surface area (Å²) in [4.78, 5) is 0. The third-order valence-corrected chi connectivity index (χ3v) is 3.59. The maximum atomic E-state index is 8.72. The molecule has 2 N–H and O–H groups in total. The summed E-state index contributed by atoms with van der Waals surface area (Å²) in [6.45, 7) is 5.18. The Balaban J connectivity index is 1.84. The van der Waals surface area contributed by atoms with E-state index in [0.29, 0.717) is 6.61 Å². The molecule has 0 aliphatic heterocycles. The number of hydrogen-bond acceptors (Lipinski definition) is 3. The van der Waals surface area contributed by atoms with Gasteiger partial charge in [0.05, 0.1) is 11.2 Å². The average molecular weight is 275 g/mol. The molecule has 2 rings (SSSR count). The normalized spacial score (nSPS) is 11.3. The van der Waals surface area contributed by atoms with Crippen LogP contribution in [0.3, 0.4) is 0 Å². The number of aliphatic hydroxyl groups excluding tert-OH is 1. The molecular weight excluding hydrogens is 250 g/mol. The number of aromatic nitrogens is 2. The first-order valence-corrected chi connectivity index (χ1v) is 7.62. The van der Waals surface area contributed by atoms with E-state index in [2.05, 4.69) is 46.3 Å². The molecule has 1 heterocycles. The zero-order chi connectivity index (χ0) is 14.2. The van der Waals surface area contributed by atoms with Crippen molar-refractivity contribution in [2.45, 2.75) is 45.7 Å². The Morgan fingerprint density at radius 1 is 1.15 bits per heavy atom. The Labute approximate surface area is 120 Å². The molecule has 0 radical (unpaired) electrons. The Morgan fingerprint density at radius 2 is 1.95 bits per heavy atom. The second-order valence-electron chi connectivity index (χ2n) is 5.09. The van der Waals surface area contributed by atoms with Crippen molar-refractivity contribution in [3.63, 3.8) is 0 Å². The van der Waals surface area contributed by atoms with Gasteiger partial charge in [0.25, 0.3) is 0 Å². The molecule has 0 atom stereocenters. The van der Waals surface area contributed by atoms with Crippen LogP contribution in [-0.2, 0) is 13.1 Å². The summed E-state index contributed by atoms with van der Waals surface area (Å²) in [5, 5.41) is 18.1. The standard InChI is InChI=1S/C16H25N3O/c1-2-19-16-10-6-5-9-14(16)15(18-19)13-17-11-7-3-4-8-12-20/h5-6,9-10,17,20H,2-4,7-8,11-13H2,1H3. The van der Waals surface area contributed by atoms with Crippen molar-refractivity contribution in [2.75, 3.05) is 13.2 Å². The molecule has 4 heteroatoms. The number of aliphatic hydroxyl groups is 1. The van der Waals surface area contributed by atoms with Gasteiger partial charge in [0.1, 0.15) is 0 Å². The second-order valence-corrected chi connectivity index (χ2v) is 5.09. The van der Waals surface area contributed by atoms with Gasteiger partial charge in [-0.2, -0.15) is 5.10 Å². The lowest BCUT2D eigenvalue weighted by Crippen LogP contribution is -2.15. The minimum Gasteiger partial charge on any atom is -0.396 e. The van der Waals surface area contributed by atoms with Gasteiger partial charge in [0.15, 0.2) is 0 Å². The second kappa shape index (κ2) is 8.02. The van der Waals surface area contributed by atoms with Gasteiger partial charge in [0, 0.05) is 25.1 Å². The lowest BCUT2D eigenvalue weighted by molar-refractivity contribution is 0.282. The number of fused-ring (bicyclic) bond motifs is 1. The van der Waals surface area contributed by atoms with Crippen LogP contribution in [0.4, 0.5) is 0 Å². The van der Waals surface area contributed by atoms with Crippen LogP contribution in [0.5, 0.6) is 0 Å². The summed E-state index contributed by atoms with van der Waals surface area (Å²) >= 11 is 0. The van der Waals surface area contributed by atoms with E-state index in [1.807, 2.05) is 0 Å². The lowest BCUT2D eigenvalue weighted by atomic mass is 10.2. The number of nitrogens with one attached hydrogen (secondary N) is 1.